The first-order chi connectivity index (χ1) is 11.7. The number of carbonyl (C=O) groups excluding carboxylic acids is 2. The quantitative estimate of drug-likeness (QED) is 0.715. The number of amides is 3. The van der Waals surface area contributed by atoms with E-state index in [-0.39, 0.29) is 30.6 Å². The van der Waals surface area contributed by atoms with Gasteiger partial charge < -0.3 is 20.6 Å². The molecule has 0 radical (unpaired) electrons. The monoisotopic (exact) mass is 369 g/mol. The molecule has 1 aliphatic heterocycles. The van der Waals surface area contributed by atoms with E-state index in [0.717, 1.165) is 5.56 Å². The molecule has 0 aromatic heterocycles. The number of hydrogen-bond acceptors (Lipinski definition) is 5. The number of aliphatic hydroxyl groups excluding tert-OH is 1. The summed E-state index contributed by atoms with van der Waals surface area (Å²) in [4.78, 5) is 25.1. The Morgan fingerprint density at radius 3 is 2.60 bits per heavy atom. The number of urea groups is 1. The Kier molecular flexibility index (Phi) is 6.02. The number of benzene rings is 1. The van der Waals surface area contributed by atoms with Crippen LogP contribution in [0.1, 0.15) is 18.9 Å². The zero-order valence-corrected chi connectivity index (χ0v) is 15.1. The minimum atomic E-state index is -3.14. The van der Waals surface area contributed by atoms with Crippen molar-refractivity contribution >= 4 is 33.2 Å². The zero-order valence-electron chi connectivity index (χ0n) is 14.3. The Morgan fingerprint density at radius 2 is 2.04 bits per heavy atom. The van der Waals surface area contributed by atoms with Gasteiger partial charge >= 0.3 is 6.03 Å². The molecule has 0 bridgehead atoms. The van der Waals surface area contributed by atoms with E-state index in [1.165, 1.54) is 11.8 Å². The van der Waals surface area contributed by atoms with Crippen LogP contribution in [0.5, 0.6) is 0 Å². The number of sulfone groups is 1. The van der Waals surface area contributed by atoms with Gasteiger partial charge in [0.05, 0.1) is 18.1 Å². The van der Waals surface area contributed by atoms with Crippen LogP contribution in [-0.2, 0) is 14.6 Å². The normalized spacial score (nSPS) is 18.6. The fraction of sp³-hybridized carbons (Fsp3) is 0.500. The molecule has 3 N–H and O–H groups in total. The fourth-order valence-electron chi connectivity index (χ4n) is 2.80. The largest absolute Gasteiger partial charge is 0.395 e. The molecular weight excluding hydrogens is 346 g/mol. The summed E-state index contributed by atoms with van der Waals surface area (Å²) in [5.74, 6) is -0.269. The van der Waals surface area contributed by atoms with Gasteiger partial charge in [0.25, 0.3) is 0 Å². The molecule has 3 amide bonds. The molecule has 1 aromatic rings. The Morgan fingerprint density at radius 1 is 1.32 bits per heavy atom. The average Bonchev–Trinajstić information content (AvgIpc) is 2.87. The molecule has 0 aliphatic carbocycles. The summed E-state index contributed by atoms with van der Waals surface area (Å²) in [5.41, 5.74) is 1.86. The molecule has 8 nitrogen and oxygen atoms in total. The second-order valence-corrected chi connectivity index (χ2v) is 8.34. The van der Waals surface area contributed by atoms with Crippen molar-refractivity contribution in [3.8, 4) is 0 Å². The molecule has 25 heavy (non-hydrogen) atoms. The number of aryl methyl sites for hydroxylation is 1. The first-order valence-electron chi connectivity index (χ1n) is 7.99. The van der Waals surface area contributed by atoms with Crippen molar-refractivity contribution in [1.29, 1.82) is 0 Å². The molecule has 138 valence electrons. The van der Waals surface area contributed by atoms with Crippen molar-refractivity contribution in [1.82, 2.24) is 4.90 Å². The molecule has 1 aliphatic rings. The van der Waals surface area contributed by atoms with Crippen molar-refractivity contribution in [2.75, 3.05) is 35.3 Å². The SMILES string of the molecule is CC(=O)Nc1ccc(C)c(NC(=O)N(CCO)C2CCS(=O)(=O)C2)c1. The first-order valence-corrected chi connectivity index (χ1v) is 9.81. The lowest BCUT2D eigenvalue weighted by atomic mass is 10.1. The molecule has 1 saturated heterocycles. The zero-order chi connectivity index (χ0) is 18.6. The van der Waals surface area contributed by atoms with Gasteiger partial charge in [0.1, 0.15) is 0 Å². The molecule has 1 aromatic carbocycles. The third-order valence-electron chi connectivity index (χ3n) is 4.05. The number of hydrogen-bond donors (Lipinski definition) is 3. The summed E-state index contributed by atoms with van der Waals surface area (Å²) in [6, 6.07) is 4.20. The molecule has 2 rings (SSSR count). The van der Waals surface area contributed by atoms with Gasteiger partial charge in [-0.3, -0.25) is 4.79 Å². The number of anilines is 2. The van der Waals surface area contributed by atoms with Gasteiger partial charge in [-0.1, -0.05) is 6.07 Å². The lowest BCUT2D eigenvalue weighted by molar-refractivity contribution is -0.114. The van der Waals surface area contributed by atoms with Crippen LogP contribution in [0, 0.1) is 6.92 Å². The van der Waals surface area contributed by atoms with Crippen molar-refractivity contribution in [2.45, 2.75) is 26.3 Å². The van der Waals surface area contributed by atoms with Crippen molar-refractivity contribution in [3.05, 3.63) is 23.8 Å². The maximum Gasteiger partial charge on any atom is 0.322 e. The van der Waals surface area contributed by atoms with E-state index in [1.54, 1.807) is 18.2 Å². The predicted molar refractivity (Wildman–Crippen MR) is 95.4 cm³/mol. The van der Waals surface area contributed by atoms with Gasteiger partial charge in [-0.2, -0.15) is 0 Å². The molecule has 1 atom stereocenters. The maximum atomic E-state index is 12.6. The van der Waals surface area contributed by atoms with Crippen LogP contribution in [0.4, 0.5) is 16.2 Å². The van der Waals surface area contributed by atoms with Gasteiger partial charge in [-0.25, -0.2) is 13.2 Å². The summed E-state index contributed by atoms with van der Waals surface area (Å²) in [6.45, 7) is 3.00. The minimum absolute atomic E-state index is 0.0456. The van der Waals surface area contributed by atoms with Gasteiger partial charge in [-0.05, 0) is 31.0 Å². The lowest BCUT2D eigenvalue weighted by Crippen LogP contribution is -2.45. The van der Waals surface area contributed by atoms with E-state index < -0.39 is 21.9 Å². The van der Waals surface area contributed by atoms with Gasteiger partial charge in [-0.15, -0.1) is 0 Å². The Hall–Kier alpha value is -2.13. The third-order valence-corrected chi connectivity index (χ3v) is 5.80. The highest BCUT2D eigenvalue weighted by molar-refractivity contribution is 7.91. The Balaban J connectivity index is 2.16. The van der Waals surface area contributed by atoms with E-state index in [4.69, 9.17) is 0 Å². The summed E-state index contributed by atoms with van der Waals surface area (Å²) in [5, 5.41) is 14.6. The summed E-state index contributed by atoms with van der Waals surface area (Å²) >= 11 is 0. The summed E-state index contributed by atoms with van der Waals surface area (Å²) < 4.78 is 23.3. The summed E-state index contributed by atoms with van der Waals surface area (Å²) in [7, 11) is -3.14. The summed E-state index contributed by atoms with van der Waals surface area (Å²) in [6.07, 6.45) is 0.362. The maximum absolute atomic E-state index is 12.6. The molecule has 1 fully saturated rings. The van der Waals surface area contributed by atoms with Crippen molar-refractivity contribution < 1.29 is 23.1 Å². The van der Waals surface area contributed by atoms with Crippen LogP contribution in [0.25, 0.3) is 0 Å². The highest BCUT2D eigenvalue weighted by Gasteiger charge is 2.34. The molecule has 0 spiro atoms. The van der Waals surface area contributed by atoms with Crippen LogP contribution < -0.4 is 10.6 Å². The highest BCUT2D eigenvalue weighted by atomic mass is 32.2. The lowest BCUT2D eigenvalue weighted by Gasteiger charge is -2.28. The minimum Gasteiger partial charge on any atom is -0.395 e. The predicted octanol–water partition coefficient (Wildman–Crippen LogP) is 0.967. The van der Waals surface area contributed by atoms with E-state index in [2.05, 4.69) is 10.6 Å². The number of rotatable bonds is 5. The first kappa shape index (κ1) is 19.2. The van der Waals surface area contributed by atoms with Crippen LogP contribution in [0.3, 0.4) is 0 Å². The Labute approximate surface area is 147 Å². The fourth-order valence-corrected chi connectivity index (χ4v) is 4.53. The second kappa shape index (κ2) is 7.83. The molecule has 9 heteroatoms. The van der Waals surface area contributed by atoms with Crippen molar-refractivity contribution in [2.24, 2.45) is 0 Å². The standard InChI is InChI=1S/C16H23N3O5S/c1-11-3-4-13(17-12(2)21)9-15(11)18-16(22)19(6-7-20)14-5-8-25(23,24)10-14/h3-4,9,14,20H,5-8,10H2,1-2H3,(H,17,21)(H,18,22). The van der Waals surface area contributed by atoms with Gasteiger partial charge in [0, 0.05) is 30.9 Å². The van der Waals surface area contributed by atoms with Crippen LogP contribution in [0.2, 0.25) is 0 Å². The number of nitrogens with zero attached hydrogens (tertiary/aromatic N) is 1. The van der Waals surface area contributed by atoms with Crippen LogP contribution >= 0.6 is 0 Å². The van der Waals surface area contributed by atoms with E-state index >= 15 is 0 Å². The van der Waals surface area contributed by atoms with Crippen LogP contribution in [0.15, 0.2) is 18.2 Å². The average molecular weight is 369 g/mol. The molecule has 1 heterocycles. The van der Waals surface area contributed by atoms with Gasteiger partial charge in [0.15, 0.2) is 9.84 Å². The van der Waals surface area contributed by atoms with E-state index in [1.807, 2.05) is 6.92 Å². The molecule has 1 unspecified atom stereocenters. The second-order valence-electron chi connectivity index (χ2n) is 6.11. The van der Waals surface area contributed by atoms with E-state index in [9.17, 15) is 23.1 Å². The number of carbonyl (C=O) groups is 2. The van der Waals surface area contributed by atoms with Crippen LogP contribution in [-0.4, -0.2) is 61.1 Å². The third kappa shape index (κ3) is 5.17. The number of aliphatic hydroxyl groups is 1. The molecular formula is C16H23N3O5S. The topological polar surface area (TPSA) is 116 Å². The van der Waals surface area contributed by atoms with E-state index in [0.29, 0.717) is 17.8 Å². The highest BCUT2D eigenvalue weighted by Crippen LogP contribution is 2.23. The van der Waals surface area contributed by atoms with Gasteiger partial charge in [0.2, 0.25) is 5.91 Å². The molecule has 0 saturated carbocycles. The number of nitrogens with one attached hydrogen (secondary N) is 2. The Bertz CT molecular complexity index is 763. The van der Waals surface area contributed by atoms with Crippen molar-refractivity contribution in [3.63, 3.8) is 0 Å². The smallest absolute Gasteiger partial charge is 0.322 e.